The van der Waals surface area contributed by atoms with Crippen LogP contribution in [0.15, 0.2) is 41.3 Å². The van der Waals surface area contributed by atoms with Crippen LogP contribution in [0.2, 0.25) is 0 Å². The Labute approximate surface area is 184 Å². The number of amides is 1. The van der Waals surface area contributed by atoms with Crippen LogP contribution in [0.1, 0.15) is 29.5 Å². The number of hydrogen-bond donors (Lipinski definition) is 1. The molecule has 1 heterocycles. The van der Waals surface area contributed by atoms with Crippen LogP contribution in [0.25, 0.3) is 0 Å². The Balaban J connectivity index is 1.58. The molecule has 0 aliphatic carbocycles. The number of benzene rings is 2. The first-order chi connectivity index (χ1) is 14.8. The third kappa shape index (κ3) is 5.19. The summed E-state index contributed by atoms with van der Waals surface area (Å²) < 4.78 is 38.0. The molecule has 168 valence electrons. The number of rotatable bonds is 7. The summed E-state index contributed by atoms with van der Waals surface area (Å²) in [6, 6.07) is 10.6. The molecule has 0 spiro atoms. The third-order valence-corrected chi connectivity index (χ3v) is 7.78. The van der Waals surface area contributed by atoms with Crippen molar-refractivity contribution in [2.45, 2.75) is 38.1 Å². The second-order valence-electron chi connectivity index (χ2n) is 7.82. The molecule has 3 rings (SSSR count). The second kappa shape index (κ2) is 9.70. The van der Waals surface area contributed by atoms with Crippen molar-refractivity contribution in [2.24, 2.45) is 5.92 Å². The van der Waals surface area contributed by atoms with Gasteiger partial charge in [-0.3, -0.25) is 4.79 Å². The van der Waals surface area contributed by atoms with E-state index in [0.29, 0.717) is 48.9 Å². The first kappa shape index (κ1) is 23.1. The molecule has 8 heteroatoms. The van der Waals surface area contributed by atoms with Gasteiger partial charge in [0.05, 0.1) is 19.1 Å². The topological polar surface area (TPSA) is 84.9 Å². The van der Waals surface area contributed by atoms with Crippen molar-refractivity contribution in [2.75, 3.05) is 27.3 Å². The molecule has 0 unspecified atom stereocenters. The van der Waals surface area contributed by atoms with E-state index in [0.717, 1.165) is 16.7 Å². The predicted octanol–water partition coefficient (Wildman–Crippen LogP) is 3.04. The van der Waals surface area contributed by atoms with Gasteiger partial charge in [-0.1, -0.05) is 6.07 Å². The molecule has 0 aromatic heterocycles. The maximum atomic E-state index is 13.0. The third-order valence-electron chi connectivity index (χ3n) is 5.89. The Bertz CT molecular complexity index is 1040. The van der Waals surface area contributed by atoms with Crippen molar-refractivity contribution in [1.29, 1.82) is 0 Å². The van der Waals surface area contributed by atoms with Gasteiger partial charge in [-0.25, -0.2) is 8.42 Å². The molecule has 1 saturated heterocycles. The molecule has 0 bridgehead atoms. The summed E-state index contributed by atoms with van der Waals surface area (Å²) in [5.74, 6) is 1.05. The zero-order chi connectivity index (χ0) is 22.6. The van der Waals surface area contributed by atoms with E-state index in [1.165, 1.54) is 4.31 Å². The fourth-order valence-electron chi connectivity index (χ4n) is 3.71. The van der Waals surface area contributed by atoms with Gasteiger partial charge in [0.2, 0.25) is 15.9 Å². The Morgan fingerprint density at radius 3 is 2.35 bits per heavy atom. The lowest BCUT2D eigenvalue weighted by Crippen LogP contribution is -2.42. The van der Waals surface area contributed by atoms with Crippen molar-refractivity contribution in [1.82, 2.24) is 9.62 Å². The van der Waals surface area contributed by atoms with Gasteiger partial charge < -0.3 is 14.8 Å². The summed E-state index contributed by atoms with van der Waals surface area (Å²) in [4.78, 5) is 13.0. The zero-order valence-corrected chi connectivity index (χ0v) is 19.3. The number of methoxy groups -OCH3 is 2. The lowest BCUT2D eigenvalue weighted by molar-refractivity contribution is -0.126. The van der Waals surface area contributed by atoms with Gasteiger partial charge in [0, 0.05) is 37.2 Å². The molecule has 0 radical (unpaired) electrons. The van der Waals surface area contributed by atoms with E-state index in [2.05, 4.69) is 5.32 Å². The number of carbonyl (C=O) groups is 1. The van der Waals surface area contributed by atoms with Crippen LogP contribution in [0, 0.1) is 19.8 Å². The summed E-state index contributed by atoms with van der Waals surface area (Å²) in [6.07, 6.45) is 0.991. The van der Waals surface area contributed by atoms with Gasteiger partial charge in [0.1, 0.15) is 11.5 Å². The summed E-state index contributed by atoms with van der Waals surface area (Å²) in [5, 5.41) is 2.95. The van der Waals surface area contributed by atoms with Gasteiger partial charge in [0.25, 0.3) is 0 Å². The number of nitrogens with one attached hydrogen (secondary N) is 1. The molecular formula is C23H30N2O5S. The first-order valence-corrected chi connectivity index (χ1v) is 11.8. The smallest absolute Gasteiger partial charge is 0.243 e. The van der Waals surface area contributed by atoms with Gasteiger partial charge >= 0.3 is 0 Å². The largest absolute Gasteiger partial charge is 0.497 e. The molecular weight excluding hydrogens is 416 g/mol. The number of hydrogen-bond acceptors (Lipinski definition) is 5. The van der Waals surface area contributed by atoms with Crippen molar-refractivity contribution >= 4 is 15.9 Å². The van der Waals surface area contributed by atoms with E-state index in [9.17, 15) is 13.2 Å². The monoisotopic (exact) mass is 446 g/mol. The predicted molar refractivity (Wildman–Crippen MR) is 119 cm³/mol. The summed E-state index contributed by atoms with van der Waals surface area (Å²) in [6.45, 7) is 4.87. The minimum absolute atomic E-state index is 0.0684. The van der Waals surface area contributed by atoms with Gasteiger partial charge in [-0.2, -0.15) is 4.31 Å². The average molecular weight is 447 g/mol. The van der Waals surface area contributed by atoms with Crippen LogP contribution >= 0.6 is 0 Å². The molecule has 0 saturated carbocycles. The number of ether oxygens (including phenoxy) is 2. The number of aryl methyl sites for hydroxylation is 2. The molecule has 2 aromatic carbocycles. The zero-order valence-electron chi connectivity index (χ0n) is 18.5. The molecule has 0 atom stereocenters. The molecule has 1 amide bonds. The number of nitrogens with zero attached hydrogens (tertiary/aromatic N) is 1. The highest BCUT2D eigenvalue weighted by Gasteiger charge is 2.32. The molecule has 1 N–H and O–H groups in total. The summed E-state index contributed by atoms with van der Waals surface area (Å²) in [5.41, 5.74) is 2.86. The van der Waals surface area contributed by atoms with Crippen molar-refractivity contribution in [3.63, 3.8) is 0 Å². The molecule has 31 heavy (non-hydrogen) atoms. The van der Waals surface area contributed by atoms with Crippen molar-refractivity contribution < 1.29 is 22.7 Å². The van der Waals surface area contributed by atoms with Crippen molar-refractivity contribution in [3.8, 4) is 11.5 Å². The quantitative estimate of drug-likeness (QED) is 0.707. The lowest BCUT2D eigenvalue weighted by Gasteiger charge is -2.30. The SMILES string of the molecule is COc1ccc(CNC(=O)C2CCN(S(=O)(=O)c3ccc(C)c(C)c3)CC2)c(OC)c1. The van der Waals surface area contributed by atoms with Crippen LogP contribution < -0.4 is 14.8 Å². The molecule has 2 aromatic rings. The highest BCUT2D eigenvalue weighted by Crippen LogP contribution is 2.27. The van der Waals surface area contributed by atoms with Gasteiger partial charge in [0.15, 0.2) is 0 Å². The fraction of sp³-hybridized carbons (Fsp3) is 0.435. The standard InChI is InChI=1S/C23H30N2O5S/c1-16-5-8-21(13-17(16)2)31(27,28)25-11-9-18(10-12-25)23(26)24-15-19-6-7-20(29-3)14-22(19)30-4/h5-8,13-14,18H,9-12,15H2,1-4H3,(H,24,26). The van der Waals surface area contributed by atoms with Gasteiger partial charge in [-0.05, 0) is 62.1 Å². The summed E-state index contributed by atoms with van der Waals surface area (Å²) in [7, 11) is -0.387. The van der Waals surface area contributed by atoms with E-state index in [1.54, 1.807) is 32.4 Å². The van der Waals surface area contributed by atoms with Gasteiger partial charge in [-0.15, -0.1) is 0 Å². The van der Waals surface area contributed by atoms with Crippen LogP contribution in [-0.4, -0.2) is 45.9 Å². The molecule has 1 aliphatic rings. The van der Waals surface area contributed by atoms with Crippen molar-refractivity contribution in [3.05, 3.63) is 53.1 Å². The normalized spacial score (nSPS) is 15.5. The van der Waals surface area contributed by atoms with E-state index >= 15 is 0 Å². The Kier molecular flexibility index (Phi) is 7.23. The highest BCUT2D eigenvalue weighted by atomic mass is 32.2. The van der Waals surface area contributed by atoms with E-state index in [-0.39, 0.29) is 11.8 Å². The summed E-state index contributed by atoms with van der Waals surface area (Å²) >= 11 is 0. The van der Waals surface area contributed by atoms with E-state index < -0.39 is 10.0 Å². The van der Waals surface area contributed by atoms with Crippen LogP contribution in [0.3, 0.4) is 0 Å². The fourth-order valence-corrected chi connectivity index (χ4v) is 5.26. The lowest BCUT2D eigenvalue weighted by atomic mass is 9.97. The second-order valence-corrected chi connectivity index (χ2v) is 9.76. The number of carbonyl (C=O) groups excluding carboxylic acids is 1. The minimum Gasteiger partial charge on any atom is -0.497 e. The van der Waals surface area contributed by atoms with Crippen LogP contribution in [-0.2, 0) is 21.4 Å². The average Bonchev–Trinajstić information content (AvgIpc) is 2.79. The molecule has 7 nitrogen and oxygen atoms in total. The Hall–Kier alpha value is -2.58. The van der Waals surface area contributed by atoms with E-state index in [4.69, 9.17) is 9.47 Å². The van der Waals surface area contributed by atoms with E-state index in [1.807, 2.05) is 32.0 Å². The molecule has 1 fully saturated rings. The minimum atomic E-state index is -3.55. The van der Waals surface area contributed by atoms with Crippen LogP contribution in [0.4, 0.5) is 0 Å². The first-order valence-electron chi connectivity index (χ1n) is 10.3. The number of piperidine rings is 1. The Morgan fingerprint density at radius 2 is 1.74 bits per heavy atom. The number of sulfonamides is 1. The van der Waals surface area contributed by atoms with Crippen LogP contribution in [0.5, 0.6) is 11.5 Å². The molecule has 1 aliphatic heterocycles. The maximum absolute atomic E-state index is 13.0. The highest BCUT2D eigenvalue weighted by molar-refractivity contribution is 7.89. The Morgan fingerprint density at radius 1 is 1.03 bits per heavy atom. The maximum Gasteiger partial charge on any atom is 0.243 e.